The van der Waals surface area contributed by atoms with Crippen LogP contribution in [0.2, 0.25) is 0 Å². The Morgan fingerprint density at radius 3 is 3.00 bits per heavy atom. The van der Waals surface area contributed by atoms with E-state index >= 15 is 0 Å². The molecule has 1 spiro atoms. The molecule has 122 valence electrons. The topological polar surface area (TPSA) is 55.8 Å². The number of hydrogen-bond acceptors (Lipinski definition) is 5. The third kappa shape index (κ3) is 3.29. The van der Waals surface area contributed by atoms with Gasteiger partial charge in [0.05, 0.1) is 19.1 Å². The molecule has 0 radical (unpaired) electrons. The summed E-state index contributed by atoms with van der Waals surface area (Å²) in [6, 6.07) is 5.44. The molecule has 1 aromatic carbocycles. The van der Waals surface area contributed by atoms with Crippen molar-refractivity contribution in [1.29, 1.82) is 0 Å². The molecule has 1 fully saturated rings. The standard InChI is InChI=1S/C18H21NO4/c1-19-9-3-8-18(12-19)11-15(20)14-10-13(4-6-16(14)23-18)5-7-17(21)22-2/h4-7,10H,3,8-9,11-12H2,1-2H3/b7-5+. The van der Waals surface area contributed by atoms with Gasteiger partial charge in [0.15, 0.2) is 5.78 Å². The van der Waals surface area contributed by atoms with Crippen LogP contribution < -0.4 is 4.74 Å². The Hall–Kier alpha value is -2.14. The van der Waals surface area contributed by atoms with Gasteiger partial charge >= 0.3 is 5.97 Å². The second-order valence-electron chi connectivity index (χ2n) is 6.34. The van der Waals surface area contributed by atoms with Gasteiger partial charge < -0.3 is 14.4 Å². The van der Waals surface area contributed by atoms with Gasteiger partial charge in [-0.3, -0.25) is 4.79 Å². The smallest absolute Gasteiger partial charge is 0.330 e. The predicted molar refractivity (Wildman–Crippen MR) is 86.5 cm³/mol. The number of hydrogen-bond donors (Lipinski definition) is 0. The monoisotopic (exact) mass is 315 g/mol. The molecular weight excluding hydrogens is 294 g/mol. The van der Waals surface area contributed by atoms with E-state index in [1.54, 1.807) is 12.1 Å². The minimum atomic E-state index is -0.422. The van der Waals surface area contributed by atoms with Crippen LogP contribution in [-0.4, -0.2) is 49.5 Å². The Balaban J connectivity index is 1.85. The zero-order chi connectivity index (χ0) is 16.4. The number of rotatable bonds is 2. The maximum atomic E-state index is 12.6. The van der Waals surface area contributed by atoms with E-state index in [1.165, 1.54) is 13.2 Å². The molecule has 0 saturated carbocycles. The van der Waals surface area contributed by atoms with Gasteiger partial charge in [0.25, 0.3) is 0 Å². The number of benzene rings is 1. The molecule has 1 saturated heterocycles. The first kappa shape index (κ1) is 15.7. The van der Waals surface area contributed by atoms with Crippen LogP contribution in [0, 0.1) is 0 Å². The van der Waals surface area contributed by atoms with Crippen LogP contribution in [0.15, 0.2) is 24.3 Å². The van der Waals surface area contributed by atoms with E-state index in [1.807, 2.05) is 12.1 Å². The van der Waals surface area contributed by atoms with Crippen LogP contribution in [0.5, 0.6) is 5.75 Å². The number of carbonyl (C=O) groups is 2. The van der Waals surface area contributed by atoms with E-state index < -0.39 is 5.97 Å². The number of carbonyl (C=O) groups excluding carboxylic acids is 2. The van der Waals surface area contributed by atoms with E-state index in [0.717, 1.165) is 31.5 Å². The minimum absolute atomic E-state index is 0.106. The van der Waals surface area contributed by atoms with E-state index in [0.29, 0.717) is 17.7 Å². The molecule has 0 aromatic heterocycles. The first-order valence-electron chi connectivity index (χ1n) is 7.82. The van der Waals surface area contributed by atoms with Crippen molar-refractivity contribution in [2.75, 3.05) is 27.2 Å². The largest absolute Gasteiger partial charge is 0.485 e. The molecule has 2 aliphatic heterocycles. The molecule has 2 heterocycles. The quantitative estimate of drug-likeness (QED) is 0.619. The Bertz CT molecular complexity index is 667. The van der Waals surface area contributed by atoms with Crippen molar-refractivity contribution >= 4 is 17.8 Å². The summed E-state index contributed by atoms with van der Waals surface area (Å²) < 4.78 is 10.8. The second-order valence-corrected chi connectivity index (χ2v) is 6.34. The molecule has 0 aliphatic carbocycles. The first-order chi connectivity index (χ1) is 11.0. The summed E-state index contributed by atoms with van der Waals surface area (Å²) in [5.74, 6) is 0.330. The number of likely N-dealkylation sites (N-methyl/N-ethyl adjacent to an activating group) is 1. The van der Waals surface area contributed by atoms with Gasteiger partial charge in [-0.25, -0.2) is 4.79 Å². The SMILES string of the molecule is COC(=O)/C=C/c1ccc2c(c1)C(=O)CC1(CCCN(C)C1)O2. The summed E-state index contributed by atoms with van der Waals surface area (Å²) in [4.78, 5) is 26.0. The molecule has 0 bridgehead atoms. The Morgan fingerprint density at radius 1 is 1.43 bits per heavy atom. The van der Waals surface area contributed by atoms with Crippen molar-refractivity contribution in [3.05, 3.63) is 35.4 Å². The van der Waals surface area contributed by atoms with Crippen molar-refractivity contribution in [1.82, 2.24) is 4.90 Å². The number of nitrogens with zero attached hydrogens (tertiary/aromatic N) is 1. The molecule has 0 amide bonds. The van der Waals surface area contributed by atoms with Crippen LogP contribution in [0.1, 0.15) is 35.2 Å². The van der Waals surface area contributed by atoms with Gasteiger partial charge in [0, 0.05) is 12.6 Å². The minimum Gasteiger partial charge on any atom is -0.485 e. The third-order valence-corrected chi connectivity index (χ3v) is 4.46. The Morgan fingerprint density at radius 2 is 2.26 bits per heavy atom. The van der Waals surface area contributed by atoms with Crippen molar-refractivity contribution in [2.45, 2.75) is 24.9 Å². The van der Waals surface area contributed by atoms with Crippen LogP contribution >= 0.6 is 0 Å². The summed E-state index contributed by atoms with van der Waals surface area (Å²) in [5, 5.41) is 0. The molecule has 5 heteroatoms. The maximum absolute atomic E-state index is 12.6. The molecule has 0 N–H and O–H groups in total. The number of ether oxygens (including phenoxy) is 2. The molecule has 1 atom stereocenters. The van der Waals surface area contributed by atoms with Crippen molar-refractivity contribution < 1.29 is 19.1 Å². The summed E-state index contributed by atoms with van der Waals surface area (Å²) >= 11 is 0. The number of esters is 1. The van der Waals surface area contributed by atoms with Gasteiger partial charge in [-0.05, 0) is 50.2 Å². The molecule has 23 heavy (non-hydrogen) atoms. The number of ketones is 1. The van der Waals surface area contributed by atoms with Gasteiger partial charge in [-0.1, -0.05) is 6.07 Å². The van der Waals surface area contributed by atoms with Crippen molar-refractivity contribution in [2.24, 2.45) is 0 Å². The Kier molecular flexibility index (Phi) is 4.22. The number of piperidine rings is 1. The molecular formula is C18H21NO4. The average Bonchev–Trinajstić information content (AvgIpc) is 2.52. The highest BCUT2D eigenvalue weighted by atomic mass is 16.5. The predicted octanol–water partition coefficient (Wildman–Crippen LogP) is 2.30. The van der Waals surface area contributed by atoms with Gasteiger partial charge in [0.1, 0.15) is 11.4 Å². The van der Waals surface area contributed by atoms with Crippen molar-refractivity contribution in [3.8, 4) is 5.75 Å². The number of fused-ring (bicyclic) bond motifs is 1. The molecule has 5 nitrogen and oxygen atoms in total. The maximum Gasteiger partial charge on any atom is 0.330 e. The molecule has 1 aromatic rings. The number of likely N-dealkylation sites (tertiary alicyclic amines) is 1. The summed E-state index contributed by atoms with van der Waals surface area (Å²) in [6.45, 7) is 1.82. The van der Waals surface area contributed by atoms with E-state index in [9.17, 15) is 9.59 Å². The normalized spacial score (nSPS) is 24.5. The number of methoxy groups -OCH3 is 1. The third-order valence-electron chi connectivity index (χ3n) is 4.46. The van der Waals surface area contributed by atoms with Gasteiger partial charge in [-0.2, -0.15) is 0 Å². The number of Topliss-reactive ketones (excluding diaryl/α,β-unsaturated/α-hetero) is 1. The average molecular weight is 315 g/mol. The van der Waals surface area contributed by atoms with E-state index in [4.69, 9.17) is 4.74 Å². The zero-order valence-corrected chi connectivity index (χ0v) is 13.5. The molecule has 3 rings (SSSR count). The second kappa shape index (κ2) is 6.16. The van der Waals surface area contributed by atoms with Crippen LogP contribution in [0.3, 0.4) is 0 Å². The highest BCUT2D eigenvalue weighted by molar-refractivity contribution is 6.01. The van der Waals surface area contributed by atoms with Crippen LogP contribution in [0.25, 0.3) is 6.08 Å². The highest BCUT2D eigenvalue weighted by Gasteiger charge is 2.42. The van der Waals surface area contributed by atoms with Crippen LogP contribution in [-0.2, 0) is 9.53 Å². The fourth-order valence-corrected chi connectivity index (χ4v) is 3.40. The lowest BCUT2D eigenvalue weighted by atomic mass is 9.83. The van der Waals surface area contributed by atoms with Crippen molar-refractivity contribution in [3.63, 3.8) is 0 Å². The summed E-state index contributed by atoms with van der Waals surface area (Å²) in [6.07, 6.45) is 5.34. The summed E-state index contributed by atoms with van der Waals surface area (Å²) in [5.41, 5.74) is 0.985. The lowest BCUT2D eigenvalue weighted by Crippen LogP contribution is -2.53. The first-order valence-corrected chi connectivity index (χ1v) is 7.82. The van der Waals surface area contributed by atoms with Crippen LogP contribution in [0.4, 0.5) is 0 Å². The summed E-state index contributed by atoms with van der Waals surface area (Å²) in [7, 11) is 3.39. The fourth-order valence-electron chi connectivity index (χ4n) is 3.40. The molecule has 2 aliphatic rings. The zero-order valence-electron chi connectivity index (χ0n) is 13.5. The fraction of sp³-hybridized carbons (Fsp3) is 0.444. The Labute approximate surface area is 135 Å². The van der Waals surface area contributed by atoms with E-state index in [-0.39, 0.29) is 11.4 Å². The van der Waals surface area contributed by atoms with Gasteiger partial charge in [0.2, 0.25) is 0 Å². The lowest BCUT2D eigenvalue weighted by molar-refractivity contribution is -0.134. The van der Waals surface area contributed by atoms with E-state index in [2.05, 4.69) is 16.7 Å². The highest BCUT2D eigenvalue weighted by Crippen LogP contribution is 2.38. The lowest BCUT2D eigenvalue weighted by Gasteiger charge is -2.43. The molecule has 1 unspecified atom stereocenters. The van der Waals surface area contributed by atoms with Gasteiger partial charge in [-0.15, -0.1) is 0 Å².